The Morgan fingerprint density at radius 1 is 1.32 bits per heavy atom. The van der Waals surface area contributed by atoms with Crippen LogP contribution < -0.4 is 5.32 Å². The van der Waals surface area contributed by atoms with E-state index < -0.39 is 44.0 Å². The van der Waals surface area contributed by atoms with Crippen LogP contribution in [0.15, 0.2) is 23.1 Å². The molecule has 0 atom stereocenters. The van der Waals surface area contributed by atoms with Gasteiger partial charge in [-0.15, -0.1) is 0 Å². The Balaban J connectivity index is 3.06. The van der Waals surface area contributed by atoms with Gasteiger partial charge in [0.1, 0.15) is 5.82 Å². The molecule has 0 aliphatic heterocycles. The van der Waals surface area contributed by atoms with Gasteiger partial charge in [-0.3, -0.25) is 4.79 Å². The summed E-state index contributed by atoms with van der Waals surface area (Å²) in [5.41, 5.74) is -0.643. The maximum absolute atomic E-state index is 13.4. The fourth-order valence-electron chi connectivity index (χ4n) is 1.21. The maximum atomic E-state index is 13.4. The van der Waals surface area contributed by atoms with Crippen LogP contribution in [0, 0.1) is 5.82 Å². The highest BCUT2D eigenvalue weighted by Gasteiger charge is 2.38. The Labute approximate surface area is 109 Å². The van der Waals surface area contributed by atoms with Crippen molar-refractivity contribution in [3.63, 3.8) is 0 Å². The van der Waals surface area contributed by atoms with E-state index in [0.29, 0.717) is 0 Å². The van der Waals surface area contributed by atoms with E-state index in [1.54, 1.807) is 0 Å². The van der Waals surface area contributed by atoms with Crippen LogP contribution in [0.1, 0.15) is 5.56 Å². The average molecular weight is 320 g/mol. The number of alkyl halides is 3. The molecule has 1 amide bonds. The first-order valence-corrected chi connectivity index (χ1v) is 6.91. The summed E-state index contributed by atoms with van der Waals surface area (Å²) in [5.74, 6) is -3.40. The number of hydrogen-bond acceptors (Lipinski definition) is 3. The van der Waals surface area contributed by atoms with E-state index in [0.717, 1.165) is 18.2 Å². The standard InChI is InChI=1S/C9H6ClF4NO3S/c10-19(17,18)7-3-1-2-6(11)5(7)4-15-8(16)9(12,13)14/h1-3H,4H2,(H,15,16). The Morgan fingerprint density at radius 2 is 1.89 bits per heavy atom. The molecule has 0 radical (unpaired) electrons. The highest BCUT2D eigenvalue weighted by molar-refractivity contribution is 8.13. The summed E-state index contributed by atoms with van der Waals surface area (Å²) in [7, 11) is 0.672. The van der Waals surface area contributed by atoms with Crippen LogP contribution in [0.2, 0.25) is 0 Å². The molecule has 0 aromatic heterocycles. The van der Waals surface area contributed by atoms with Crippen LogP contribution in [0.3, 0.4) is 0 Å². The zero-order valence-corrected chi connectivity index (χ0v) is 10.5. The minimum Gasteiger partial charge on any atom is -0.344 e. The van der Waals surface area contributed by atoms with Gasteiger partial charge in [0.05, 0.1) is 4.90 Å². The molecule has 10 heteroatoms. The molecule has 1 aromatic carbocycles. The highest BCUT2D eigenvalue weighted by Crippen LogP contribution is 2.23. The van der Waals surface area contributed by atoms with Gasteiger partial charge in [0, 0.05) is 22.8 Å². The Hall–Kier alpha value is -1.35. The molecule has 0 aliphatic carbocycles. The van der Waals surface area contributed by atoms with Crippen LogP contribution >= 0.6 is 10.7 Å². The van der Waals surface area contributed by atoms with Crippen LogP contribution in [-0.4, -0.2) is 20.5 Å². The monoisotopic (exact) mass is 319 g/mol. The van der Waals surface area contributed by atoms with Gasteiger partial charge in [0.15, 0.2) is 0 Å². The minimum atomic E-state index is -5.15. The summed E-state index contributed by atoms with van der Waals surface area (Å²) in [4.78, 5) is 9.87. The lowest BCUT2D eigenvalue weighted by atomic mass is 10.2. The van der Waals surface area contributed by atoms with Crippen molar-refractivity contribution in [3.8, 4) is 0 Å². The fourth-order valence-corrected chi connectivity index (χ4v) is 2.35. The SMILES string of the molecule is O=C(NCc1c(F)cccc1S(=O)(=O)Cl)C(F)(F)F. The number of rotatable bonds is 3. The lowest BCUT2D eigenvalue weighted by molar-refractivity contribution is -0.173. The smallest absolute Gasteiger partial charge is 0.344 e. The lowest BCUT2D eigenvalue weighted by Gasteiger charge is -2.11. The molecule has 0 saturated heterocycles. The van der Waals surface area contributed by atoms with Crippen LogP contribution in [0.4, 0.5) is 17.6 Å². The zero-order chi connectivity index (χ0) is 14.8. The van der Waals surface area contributed by atoms with Crippen molar-refractivity contribution in [1.82, 2.24) is 5.32 Å². The lowest BCUT2D eigenvalue weighted by Crippen LogP contribution is -2.36. The first-order valence-electron chi connectivity index (χ1n) is 4.60. The topological polar surface area (TPSA) is 63.2 Å². The van der Waals surface area contributed by atoms with E-state index in [2.05, 4.69) is 0 Å². The van der Waals surface area contributed by atoms with E-state index in [1.165, 1.54) is 5.32 Å². The number of halogens is 5. The third-order valence-electron chi connectivity index (χ3n) is 2.02. The third kappa shape index (κ3) is 4.06. The van der Waals surface area contributed by atoms with Crippen LogP contribution in [-0.2, 0) is 20.4 Å². The van der Waals surface area contributed by atoms with Gasteiger partial charge in [-0.25, -0.2) is 12.8 Å². The molecule has 1 aromatic rings. The van der Waals surface area contributed by atoms with Gasteiger partial charge in [0.2, 0.25) is 0 Å². The van der Waals surface area contributed by atoms with Crippen molar-refractivity contribution in [2.24, 2.45) is 0 Å². The van der Waals surface area contributed by atoms with Crippen molar-refractivity contribution in [2.45, 2.75) is 17.6 Å². The van der Waals surface area contributed by atoms with Gasteiger partial charge < -0.3 is 5.32 Å². The minimum absolute atomic E-state index is 0.643. The second-order valence-electron chi connectivity index (χ2n) is 3.33. The van der Waals surface area contributed by atoms with Gasteiger partial charge in [-0.2, -0.15) is 13.2 Å². The summed E-state index contributed by atoms with van der Waals surface area (Å²) in [6.07, 6.45) is -5.15. The van der Waals surface area contributed by atoms with E-state index in [1.807, 2.05) is 0 Å². The zero-order valence-electron chi connectivity index (χ0n) is 8.96. The normalized spacial score (nSPS) is 12.3. The summed E-state index contributed by atoms with van der Waals surface area (Å²) >= 11 is 0. The molecule has 0 aliphatic rings. The predicted octanol–water partition coefficient (Wildman–Crippen LogP) is 1.93. The number of amides is 1. The molecular weight excluding hydrogens is 314 g/mol. The number of nitrogens with one attached hydrogen (secondary N) is 1. The third-order valence-corrected chi connectivity index (χ3v) is 3.43. The summed E-state index contributed by atoms with van der Waals surface area (Å²) in [6, 6.07) is 2.78. The second-order valence-corrected chi connectivity index (χ2v) is 5.87. The van der Waals surface area contributed by atoms with Gasteiger partial charge in [0.25, 0.3) is 9.05 Å². The van der Waals surface area contributed by atoms with Gasteiger partial charge in [-0.1, -0.05) is 6.07 Å². The summed E-state index contributed by atoms with van der Waals surface area (Å²) < 4.78 is 71.4. The molecule has 0 heterocycles. The number of carbonyl (C=O) groups is 1. The van der Waals surface area contributed by atoms with E-state index in [4.69, 9.17) is 10.7 Å². The number of hydrogen-bond donors (Lipinski definition) is 1. The molecule has 106 valence electrons. The molecule has 0 fully saturated rings. The van der Waals surface area contributed by atoms with Crippen LogP contribution in [0.25, 0.3) is 0 Å². The quantitative estimate of drug-likeness (QED) is 0.684. The summed E-state index contributed by atoms with van der Waals surface area (Å²) in [5, 5.41) is 1.37. The van der Waals surface area contributed by atoms with E-state index >= 15 is 0 Å². The molecule has 1 N–H and O–H groups in total. The average Bonchev–Trinajstić information content (AvgIpc) is 2.24. The Morgan fingerprint density at radius 3 is 2.37 bits per heavy atom. The maximum Gasteiger partial charge on any atom is 0.471 e. The molecule has 0 saturated carbocycles. The first kappa shape index (κ1) is 15.7. The number of benzene rings is 1. The Kier molecular flexibility index (Phi) is 4.41. The van der Waals surface area contributed by atoms with Crippen molar-refractivity contribution in [1.29, 1.82) is 0 Å². The highest BCUT2D eigenvalue weighted by atomic mass is 35.7. The molecule has 0 bridgehead atoms. The van der Waals surface area contributed by atoms with Gasteiger partial charge >= 0.3 is 12.1 Å². The van der Waals surface area contributed by atoms with Crippen LogP contribution in [0.5, 0.6) is 0 Å². The molecule has 0 spiro atoms. The molecule has 1 rings (SSSR count). The second kappa shape index (κ2) is 5.33. The van der Waals surface area contributed by atoms with Crippen molar-refractivity contribution < 1.29 is 30.8 Å². The van der Waals surface area contributed by atoms with Crippen molar-refractivity contribution in [3.05, 3.63) is 29.6 Å². The number of carbonyl (C=O) groups excluding carboxylic acids is 1. The fraction of sp³-hybridized carbons (Fsp3) is 0.222. The predicted molar refractivity (Wildman–Crippen MR) is 57.3 cm³/mol. The first-order chi connectivity index (χ1) is 8.53. The van der Waals surface area contributed by atoms with E-state index in [-0.39, 0.29) is 0 Å². The molecule has 19 heavy (non-hydrogen) atoms. The summed E-state index contributed by atoms with van der Waals surface area (Å²) in [6.45, 7) is -0.952. The largest absolute Gasteiger partial charge is 0.471 e. The van der Waals surface area contributed by atoms with Crippen molar-refractivity contribution >= 4 is 25.6 Å². The molecular formula is C9H6ClF4NO3S. The van der Waals surface area contributed by atoms with Gasteiger partial charge in [-0.05, 0) is 12.1 Å². The van der Waals surface area contributed by atoms with E-state index in [9.17, 15) is 30.8 Å². The molecule has 0 unspecified atom stereocenters. The van der Waals surface area contributed by atoms with Crippen molar-refractivity contribution in [2.75, 3.05) is 0 Å². The molecule has 4 nitrogen and oxygen atoms in total. The Bertz CT molecular complexity index is 600.